The van der Waals surface area contributed by atoms with Gasteiger partial charge in [0.1, 0.15) is 5.76 Å². The summed E-state index contributed by atoms with van der Waals surface area (Å²) in [7, 11) is 0. The molecule has 1 N–H and O–H groups in total. The van der Waals surface area contributed by atoms with Crippen LogP contribution in [-0.4, -0.2) is 27.5 Å². The zero-order valence-electron chi connectivity index (χ0n) is 13.2. The maximum absolute atomic E-state index is 12.1. The number of hydrogen-bond acceptors (Lipinski definition) is 6. The fraction of sp³-hybridized carbons (Fsp3) is 0.0588. The van der Waals surface area contributed by atoms with Crippen molar-refractivity contribution in [1.29, 1.82) is 5.41 Å². The van der Waals surface area contributed by atoms with Crippen molar-refractivity contribution in [2.24, 2.45) is 10.1 Å². The molecule has 3 heterocycles. The molecule has 0 atom stereocenters. The lowest BCUT2D eigenvalue weighted by molar-refractivity contribution is -0.114. The van der Waals surface area contributed by atoms with Gasteiger partial charge < -0.3 is 4.42 Å². The normalized spacial score (nSPS) is 17.8. The van der Waals surface area contributed by atoms with Crippen LogP contribution in [0.1, 0.15) is 11.3 Å². The summed E-state index contributed by atoms with van der Waals surface area (Å²) >= 11 is 8.63. The zero-order chi connectivity index (χ0) is 18.1. The largest absolute Gasteiger partial charge is 0.450 e. The van der Waals surface area contributed by atoms with Gasteiger partial charge in [0.25, 0.3) is 5.91 Å². The van der Waals surface area contributed by atoms with Crippen molar-refractivity contribution in [3.63, 3.8) is 0 Å². The van der Waals surface area contributed by atoms with Crippen molar-refractivity contribution in [3.8, 4) is 0 Å². The van der Waals surface area contributed by atoms with E-state index in [4.69, 9.17) is 21.4 Å². The number of rotatable bonds is 4. The van der Waals surface area contributed by atoms with Crippen molar-refractivity contribution in [1.82, 2.24) is 5.01 Å². The predicted octanol–water partition coefficient (Wildman–Crippen LogP) is 4.47. The fourth-order valence-electron chi connectivity index (χ4n) is 2.30. The molecule has 1 aromatic carbocycles. The first-order valence-electron chi connectivity index (χ1n) is 7.50. The van der Waals surface area contributed by atoms with E-state index in [2.05, 4.69) is 10.1 Å². The lowest BCUT2D eigenvalue weighted by Gasteiger charge is -2.19. The van der Waals surface area contributed by atoms with Gasteiger partial charge in [-0.05, 0) is 47.7 Å². The number of thioether (sulfide) groups is 2. The highest BCUT2D eigenvalue weighted by molar-refractivity contribution is 8.25. The molecule has 2 aromatic rings. The predicted molar refractivity (Wildman–Crippen MR) is 106 cm³/mol. The van der Waals surface area contributed by atoms with E-state index >= 15 is 0 Å². The molecular formula is C17H11ClN4O2S2. The standard InChI is InChI=1S/C17H11ClN4O2S2/c18-11-3-1-10(2-4-11)8-25-14-6-5-12(24-14)7-13-15(19)22-17(21-16(13)23)26-9-20-22/h1-7,9,19H,8H2/b13-7+,19-15?. The summed E-state index contributed by atoms with van der Waals surface area (Å²) in [6.07, 6.45) is 1.52. The van der Waals surface area contributed by atoms with E-state index in [1.54, 1.807) is 11.6 Å². The molecule has 2 aliphatic heterocycles. The van der Waals surface area contributed by atoms with Crippen LogP contribution in [0.15, 0.2) is 61.6 Å². The number of nitrogens with zero attached hydrogens (tertiary/aromatic N) is 3. The maximum atomic E-state index is 12.1. The van der Waals surface area contributed by atoms with Crippen molar-refractivity contribution >= 4 is 63.7 Å². The van der Waals surface area contributed by atoms with Gasteiger partial charge >= 0.3 is 0 Å². The third-order valence-corrected chi connectivity index (χ3v) is 5.49. The Bertz CT molecular complexity index is 979. The molecule has 26 heavy (non-hydrogen) atoms. The van der Waals surface area contributed by atoms with Gasteiger partial charge in [-0.2, -0.15) is 15.1 Å². The van der Waals surface area contributed by atoms with Gasteiger partial charge in [-0.25, -0.2) is 0 Å². The monoisotopic (exact) mass is 402 g/mol. The number of amidine groups is 2. The molecule has 1 amide bonds. The molecule has 1 aromatic heterocycles. The van der Waals surface area contributed by atoms with Gasteiger partial charge in [-0.15, -0.1) is 0 Å². The number of halogens is 1. The molecule has 6 nitrogen and oxygen atoms in total. The second-order valence-corrected chi connectivity index (χ2v) is 7.56. The van der Waals surface area contributed by atoms with Crippen LogP contribution >= 0.6 is 35.1 Å². The molecule has 130 valence electrons. The van der Waals surface area contributed by atoms with Gasteiger partial charge in [0.05, 0.1) is 11.1 Å². The molecule has 0 saturated heterocycles. The van der Waals surface area contributed by atoms with E-state index in [0.717, 1.165) is 16.4 Å². The molecule has 2 aliphatic rings. The number of fused-ring (bicyclic) bond motifs is 1. The lowest BCUT2D eigenvalue weighted by atomic mass is 10.1. The molecule has 0 bridgehead atoms. The Morgan fingerprint density at radius 1 is 1.27 bits per heavy atom. The average Bonchev–Trinajstić information content (AvgIpc) is 3.27. The van der Waals surface area contributed by atoms with Gasteiger partial charge in [0.2, 0.25) is 0 Å². The Kier molecular flexibility index (Phi) is 4.71. The maximum Gasteiger partial charge on any atom is 0.283 e. The molecule has 0 unspecified atom stereocenters. The highest BCUT2D eigenvalue weighted by Crippen LogP contribution is 2.28. The van der Waals surface area contributed by atoms with Crippen LogP contribution in [0.2, 0.25) is 5.02 Å². The van der Waals surface area contributed by atoms with E-state index in [1.165, 1.54) is 34.6 Å². The minimum absolute atomic E-state index is 0.00647. The minimum atomic E-state index is -0.467. The van der Waals surface area contributed by atoms with Crippen molar-refractivity contribution in [3.05, 3.63) is 58.3 Å². The van der Waals surface area contributed by atoms with Gasteiger partial charge in [0, 0.05) is 10.8 Å². The van der Waals surface area contributed by atoms with E-state index in [-0.39, 0.29) is 11.4 Å². The smallest absolute Gasteiger partial charge is 0.283 e. The molecule has 0 saturated carbocycles. The van der Waals surface area contributed by atoms with Crippen LogP contribution in [0.3, 0.4) is 0 Å². The number of hydrazone groups is 1. The number of carbonyl (C=O) groups excluding carboxylic acids is 1. The molecule has 0 aliphatic carbocycles. The first-order valence-corrected chi connectivity index (χ1v) is 9.74. The summed E-state index contributed by atoms with van der Waals surface area (Å²) in [6.45, 7) is 0. The highest BCUT2D eigenvalue weighted by atomic mass is 35.5. The summed E-state index contributed by atoms with van der Waals surface area (Å²) in [5, 5.41) is 15.3. The van der Waals surface area contributed by atoms with Crippen LogP contribution in [0.5, 0.6) is 0 Å². The van der Waals surface area contributed by atoms with E-state index in [0.29, 0.717) is 16.0 Å². The van der Waals surface area contributed by atoms with Gasteiger partial charge in [-0.3, -0.25) is 10.2 Å². The molecule has 0 spiro atoms. The zero-order valence-corrected chi connectivity index (χ0v) is 15.6. The van der Waals surface area contributed by atoms with Crippen LogP contribution in [-0.2, 0) is 10.5 Å². The molecule has 9 heteroatoms. The quantitative estimate of drug-likeness (QED) is 0.602. The average molecular weight is 403 g/mol. The van der Waals surface area contributed by atoms with Gasteiger partial charge in [0.15, 0.2) is 16.1 Å². The van der Waals surface area contributed by atoms with Crippen LogP contribution < -0.4 is 0 Å². The molecule has 0 radical (unpaired) electrons. The Balaban J connectivity index is 1.48. The van der Waals surface area contributed by atoms with Crippen LogP contribution in [0.25, 0.3) is 6.08 Å². The Morgan fingerprint density at radius 3 is 2.88 bits per heavy atom. The van der Waals surface area contributed by atoms with E-state index in [1.807, 2.05) is 30.3 Å². The number of amides is 1. The summed E-state index contributed by atoms with van der Waals surface area (Å²) in [5.74, 6) is 0.758. The molecule has 4 rings (SSSR count). The molecular weight excluding hydrogens is 392 g/mol. The third-order valence-electron chi connectivity index (χ3n) is 3.58. The summed E-state index contributed by atoms with van der Waals surface area (Å²) < 4.78 is 5.74. The van der Waals surface area contributed by atoms with E-state index < -0.39 is 5.91 Å². The second kappa shape index (κ2) is 7.14. The van der Waals surface area contributed by atoms with Crippen molar-refractivity contribution < 1.29 is 9.21 Å². The minimum Gasteiger partial charge on any atom is -0.450 e. The third kappa shape index (κ3) is 3.48. The highest BCUT2D eigenvalue weighted by Gasteiger charge is 2.32. The van der Waals surface area contributed by atoms with Crippen molar-refractivity contribution in [2.75, 3.05) is 0 Å². The number of aliphatic imine (C=N–C) groups is 1. The first kappa shape index (κ1) is 17.1. The SMILES string of the molecule is N=C1/C(=C\c2ccc(SCc3ccc(Cl)cc3)o2)C(=O)N=C2SC=NN12. The summed E-state index contributed by atoms with van der Waals surface area (Å²) in [6, 6.07) is 11.2. The van der Waals surface area contributed by atoms with E-state index in [9.17, 15) is 4.79 Å². The number of benzene rings is 1. The Hall–Kier alpha value is -2.29. The summed E-state index contributed by atoms with van der Waals surface area (Å²) in [4.78, 5) is 16.1. The number of nitrogens with one attached hydrogen (secondary N) is 1. The van der Waals surface area contributed by atoms with Crippen LogP contribution in [0.4, 0.5) is 0 Å². The number of furan rings is 1. The number of carbonyl (C=O) groups is 1. The first-order chi connectivity index (χ1) is 12.6. The Morgan fingerprint density at radius 2 is 2.08 bits per heavy atom. The topological polar surface area (TPSA) is 82.0 Å². The molecule has 0 fully saturated rings. The summed E-state index contributed by atoms with van der Waals surface area (Å²) in [5.41, 5.74) is 2.82. The lowest BCUT2D eigenvalue weighted by Crippen LogP contribution is -2.35. The van der Waals surface area contributed by atoms with Gasteiger partial charge in [-0.1, -0.05) is 35.5 Å². The van der Waals surface area contributed by atoms with Crippen LogP contribution in [0, 0.1) is 5.41 Å². The number of hydrogen-bond donors (Lipinski definition) is 1. The second-order valence-electron chi connectivity index (χ2n) is 5.33. The fourth-order valence-corrected chi connectivity index (χ4v) is 3.86. The Labute approximate surface area is 162 Å². The van der Waals surface area contributed by atoms with Crippen molar-refractivity contribution in [2.45, 2.75) is 10.8 Å².